The molecule has 0 unspecified atom stereocenters. The molecule has 0 bridgehead atoms. The number of anilines is 12. The lowest BCUT2D eigenvalue weighted by molar-refractivity contribution is 0.487. The molecule has 0 atom stereocenters. The van der Waals surface area contributed by atoms with Crippen molar-refractivity contribution in [3.05, 3.63) is 309 Å². The average molecular weight is 1110 g/mol. The van der Waals surface area contributed by atoms with E-state index < -0.39 is 0 Å². The van der Waals surface area contributed by atoms with Crippen molar-refractivity contribution in [3.8, 4) is 28.7 Å². The number of benzene rings is 13. The molecule has 14 aromatic rings. The summed E-state index contributed by atoms with van der Waals surface area (Å²) in [4.78, 5) is 9.65. The fourth-order valence-corrected chi connectivity index (χ4v) is 14.4. The molecule has 7 nitrogen and oxygen atoms in total. The van der Waals surface area contributed by atoms with E-state index >= 15 is 0 Å². The van der Waals surface area contributed by atoms with Crippen molar-refractivity contribution >= 4 is 136 Å². The van der Waals surface area contributed by atoms with E-state index in [2.05, 4.69) is 334 Å². The normalized spacial score (nSPS) is 12.9. The van der Waals surface area contributed by atoms with E-state index in [9.17, 15) is 0 Å². The van der Waals surface area contributed by atoms with Gasteiger partial charge in [-0.25, -0.2) is 0 Å². The molecule has 5 heterocycles. The summed E-state index contributed by atoms with van der Waals surface area (Å²) in [5.74, 6) is 3.39. The van der Waals surface area contributed by atoms with Crippen LogP contribution in [0.15, 0.2) is 309 Å². The molecule has 0 saturated carbocycles. The monoisotopic (exact) mass is 1110 g/mol. The summed E-state index contributed by atoms with van der Waals surface area (Å²) in [6, 6.07) is 112. The predicted molar refractivity (Wildman–Crippen MR) is 362 cm³/mol. The third-order valence-corrected chi connectivity index (χ3v) is 18.0. The topological polar surface area (TPSA) is 36.4 Å². The maximum Gasteiger partial charge on any atom is 0.256 e. The third-order valence-electron chi connectivity index (χ3n) is 18.0. The second kappa shape index (κ2) is 19.6. The van der Waals surface area contributed by atoms with E-state index in [0.717, 1.165) is 130 Å². The van der Waals surface area contributed by atoms with Gasteiger partial charge in [0.15, 0.2) is 0 Å². The van der Waals surface area contributed by atoms with Crippen LogP contribution in [0.25, 0.3) is 27.5 Å². The quantitative estimate of drug-likeness (QED) is 0.134. The van der Waals surface area contributed by atoms with Crippen LogP contribution < -0.4 is 61.9 Å². The Labute approximate surface area is 505 Å². The van der Waals surface area contributed by atoms with Gasteiger partial charge in [0.2, 0.25) is 0 Å². The summed E-state index contributed by atoms with van der Waals surface area (Å²) >= 11 is 0. The molecule has 0 saturated heterocycles. The van der Waals surface area contributed by atoms with Gasteiger partial charge in [0.25, 0.3) is 13.4 Å². The Morgan fingerprint density at radius 2 is 0.575 bits per heavy atom. The molecular weight excluding hydrogens is 1060 g/mol. The number of aromatic nitrogens is 1. The molecule has 13 aromatic carbocycles. The summed E-state index contributed by atoms with van der Waals surface area (Å²) in [7, 11) is 0. The van der Waals surface area contributed by atoms with Crippen LogP contribution in [0, 0.1) is 0 Å². The zero-order valence-corrected chi connectivity index (χ0v) is 47.2. The van der Waals surface area contributed by atoms with Gasteiger partial charge in [-0.1, -0.05) is 176 Å². The summed E-state index contributed by atoms with van der Waals surface area (Å²) in [5.41, 5.74) is 22.9. The molecule has 0 radical (unpaired) electrons. The molecule has 0 amide bonds. The lowest BCUT2D eigenvalue weighted by Crippen LogP contribution is -2.59. The van der Waals surface area contributed by atoms with Gasteiger partial charge < -0.3 is 33.6 Å². The molecule has 406 valence electrons. The number of hydrogen-bond donors (Lipinski definition) is 0. The molecule has 1 aromatic heterocycles. The zero-order chi connectivity index (χ0) is 57.1. The van der Waals surface area contributed by atoms with Crippen molar-refractivity contribution in [2.45, 2.75) is 0 Å². The van der Waals surface area contributed by atoms with E-state index in [4.69, 9.17) is 9.47 Å². The maximum atomic E-state index is 7.20. The molecule has 4 aliphatic rings. The van der Waals surface area contributed by atoms with Crippen LogP contribution in [0.1, 0.15) is 0 Å². The van der Waals surface area contributed by atoms with E-state index in [1.165, 1.54) is 21.7 Å². The molecule has 0 N–H and O–H groups in total. The van der Waals surface area contributed by atoms with Crippen molar-refractivity contribution in [2.24, 2.45) is 0 Å². The van der Waals surface area contributed by atoms with Crippen LogP contribution in [0.4, 0.5) is 68.2 Å². The van der Waals surface area contributed by atoms with Crippen molar-refractivity contribution in [3.63, 3.8) is 0 Å². The highest BCUT2D eigenvalue weighted by atomic mass is 16.5. The van der Waals surface area contributed by atoms with Gasteiger partial charge in [-0.3, -0.25) is 0 Å². The van der Waals surface area contributed by atoms with E-state index in [0.29, 0.717) is 0 Å². The van der Waals surface area contributed by atoms with Crippen LogP contribution in [0.2, 0.25) is 0 Å². The first-order valence-electron chi connectivity index (χ1n) is 29.8. The number of hydrogen-bond acceptors (Lipinski definition) is 6. The van der Waals surface area contributed by atoms with Gasteiger partial charge in [-0.2, -0.15) is 0 Å². The van der Waals surface area contributed by atoms with Gasteiger partial charge in [-0.15, -0.1) is 0 Å². The van der Waals surface area contributed by atoms with Gasteiger partial charge in [0.1, 0.15) is 23.0 Å². The lowest BCUT2D eigenvalue weighted by Gasteiger charge is -2.41. The van der Waals surface area contributed by atoms with Crippen molar-refractivity contribution in [1.29, 1.82) is 0 Å². The van der Waals surface area contributed by atoms with Crippen LogP contribution >= 0.6 is 0 Å². The third kappa shape index (κ3) is 7.66. The van der Waals surface area contributed by atoms with Gasteiger partial charge in [0, 0.05) is 85.5 Å². The average Bonchev–Trinajstić information content (AvgIpc) is 1.81. The summed E-state index contributed by atoms with van der Waals surface area (Å²) in [6.45, 7) is -0.317. The minimum absolute atomic E-state index is 0.158. The number of fused-ring (bicyclic) bond motifs is 11. The SMILES string of the molecule is c1ccc(N(c2ccccc2)c2cc3c4c(c2)N(c2ccccc2)c2cc5c(cc2B4c2ccccc2O3)c2cc3c(cc2n5-c2ccccc2)N(c2ccccc2)c2cc(N(c4ccccc4)c4ccccc4)cc4c2B3c2ccccc2O4)cc1. The summed E-state index contributed by atoms with van der Waals surface area (Å²) < 4.78 is 16.9. The highest BCUT2D eigenvalue weighted by molar-refractivity contribution is 7.00. The molecule has 87 heavy (non-hydrogen) atoms. The first kappa shape index (κ1) is 49.1. The second-order valence-electron chi connectivity index (χ2n) is 22.8. The largest absolute Gasteiger partial charge is 0.458 e. The number of nitrogens with zero attached hydrogens (tertiary/aromatic N) is 5. The Balaban J connectivity index is 0.930. The fraction of sp³-hybridized carbons (Fsp3) is 0. The summed E-state index contributed by atoms with van der Waals surface area (Å²) in [6.07, 6.45) is 0. The summed E-state index contributed by atoms with van der Waals surface area (Å²) in [5, 5.41) is 2.34. The predicted octanol–water partition coefficient (Wildman–Crippen LogP) is 16.5. The Hall–Kier alpha value is -11.4. The molecule has 0 spiro atoms. The molecule has 18 rings (SSSR count). The van der Waals surface area contributed by atoms with Gasteiger partial charge >= 0.3 is 0 Å². The van der Waals surface area contributed by atoms with Crippen molar-refractivity contribution in [1.82, 2.24) is 4.57 Å². The van der Waals surface area contributed by atoms with Crippen LogP contribution in [0.5, 0.6) is 23.0 Å². The number of ether oxygens (including phenoxy) is 2. The first-order valence-corrected chi connectivity index (χ1v) is 29.8. The van der Waals surface area contributed by atoms with Crippen molar-refractivity contribution in [2.75, 3.05) is 19.6 Å². The first-order chi connectivity index (χ1) is 43.2. The van der Waals surface area contributed by atoms with Crippen molar-refractivity contribution < 1.29 is 9.47 Å². The van der Waals surface area contributed by atoms with Gasteiger partial charge in [0.05, 0.1) is 22.4 Å². The smallest absolute Gasteiger partial charge is 0.256 e. The second-order valence-corrected chi connectivity index (χ2v) is 22.8. The van der Waals surface area contributed by atoms with E-state index in [1.807, 2.05) is 0 Å². The lowest BCUT2D eigenvalue weighted by atomic mass is 9.34. The highest BCUT2D eigenvalue weighted by Crippen LogP contribution is 2.50. The molecule has 9 heteroatoms. The highest BCUT2D eigenvalue weighted by Gasteiger charge is 2.46. The zero-order valence-electron chi connectivity index (χ0n) is 47.2. The van der Waals surface area contributed by atoms with E-state index in [1.54, 1.807) is 0 Å². The number of rotatable bonds is 9. The van der Waals surface area contributed by atoms with Gasteiger partial charge in [-0.05, 0) is 154 Å². The molecule has 4 aliphatic heterocycles. The Morgan fingerprint density at radius 1 is 0.253 bits per heavy atom. The van der Waals surface area contributed by atoms with Crippen LogP contribution in [-0.2, 0) is 0 Å². The maximum absolute atomic E-state index is 7.20. The molecular formula is C78H51B2N5O2. The molecule has 0 fully saturated rings. The minimum Gasteiger partial charge on any atom is -0.458 e. The number of para-hydroxylation sites is 9. The van der Waals surface area contributed by atoms with Crippen LogP contribution in [0.3, 0.4) is 0 Å². The minimum atomic E-state index is -0.158. The fourth-order valence-electron chi connectivity index (χ4n) is 14.4. The standard InChI is InChI=1S/C78H51B2N5O2/c1-8-26-52(27-9-1)81(53-28-10-2-11-29-53)59-44-71-77-75(46-59)86-73-42-24-22-40-63(73)79(77)65-48-61-62-49-66-70(51-68(62)83(56-34-16-5-17-35-56)67(61)50-69(65)84(71)57-36-18-6-19-37-57)85(58-38-20-7-21-39-58)72-45-60(47-76-78(72)80(66)64-41-23-25-43-74(64)87-76)82(54-30-12-3-13-31-54)55-32-14-4-15-33-55/h1-51H. The van der Waals surface area contributed by atoms with E-state index in [-0.39, 0.29) is 13.4 Å². The van der Waals surface area contributed by atoms with Crippen LogP contribution in [-0.4, -0.2) is 18.0 Å². The Bertz CT molecular complexity index is 4640. The molecule has 0 aliphatic carbocycles. The Kier molecular flexibility index (Phi) is 11.0. The Morgan fingerprint density at radius 3 is 0.943 bits per heavy atom.